The van der Waals surface area contributed by atoms with Gasteiger partial charge in [-0.2, -0.15) is 0 Å². The number of morpholine rings is 1. The van der Waals surface area contributed by atoms with Crippen molar-refractivity contribution in [1.82, 2.24) is 20.4 Å². The highest BCUT2D eigenvalue weighted by Crippen LogP contribution is 2.34. The standard InChI is InChI=1S/C22H41N5O3/c1-3-23-20(25-19-8-12-26(13-9-19)21(28)30-4-2)24-18-22(10-6-5-7-11-22)27-14-16-29-17-15-27/h19H,3-18H2,1-2H3,(H2,23,24,25). The number of amides is 1. The summed E-state index contributed by atoms with van der Waals surface area (Å²) in [5.41, 5.74) is 0.178. The van der Waals surface area contributed by atoms with Crippen LogP contribution in [0.25, 0.3) is 0 Å². The van der Waals surface area contributed by atoms with Gasteiger partial charge in [0.05, 0.1) is 26.4 Å². The van der Waals surface area contributed by atoms with Gasteiger partial charge in [-0.25, -0.2) is 4.79 Å². The second-order valence-electron chi connectivity index (χ2n) is 8.68. The Morgan fingerprint density at radius 3 is 2.43 bits per heavy atom. The van der Waals surface area contributed by atoms with Crippen molar-refractivity contribution >= 4 is 12.1 Å². The molecule has 2 saturated heterocycles. The maximum Gasteiger partial charge on any atom is 0.409 e. The topological polar surface area (TPSA) is 78.4 Å². The van der Waals surface area contributed by atoms with E-state index in [9.17, 15) is 4.79 Å². The third-order valence-electron chi connectivity index (χ3n) is 6.70. The lowest BCUT2D eigenvalue weighted by molar-refractivity contribution is -0.0333. The van der Waals surface area contributed by atoms with Crippen LogP contribution in [0.4, 0.5) is 4.79 Å². The van der Waals surface area contributed by atoms with Crippen LogP contribution in [0.5, 0.6) is 0 Å². The van der Waals surface area contributed by atoms with E-state index in [4.69, 9.17) is 14.5 Å². The van der Waals surface area contributed by atoms with E-state index < -0.39 is 0 Å². The molecule has 1 saturated carbocycles. The van der Waals surface area contributed by atoms with Crippen LogP contribution in [-0.4, -0.2) is 92.5 Å². The Hall–Kier alpha value is -1.54. The monoisotopic (exact) mass is 423 g/mol. The number of nitrogens with one attached hydrogen (secondary N) is 2. The van der Waals surface area contributed by atoms with Gasteiger partial charge in [-0.1, -0.05) is 19.3 Å². The lowest BCUT2D eigenvalue weighted by atomic mass is 9.80. The van der Waals surface area contributed by atoms with Gasteiger partial charge in [0.25, 0.3) is 0 Å². The summed E-state index contributed by atoms with van der Waals surface area (Å²) in [6, 6.07) is 0.333. The molecule has 3 aliphatic rings. The first-order chi connectivity index (χ1) is 14.7. The van der Waals surface area contributed by atoms with Gasteiger partial charge in [0.2, 0.25) is 0 Å². The number of piperidine rings is 1. The zero-order valence-corrected chi connectivity index (χ0v) is 19.0. The molecule has 1 amide bonds. The molecule has 0 aromatic heterocycles. The molecule has 30 heavy (non-hydrogen) atoms. The molecule has 0 radical (unpaired) electrons. The second kappa shape index (κ2) is 11.7. The van der Waals surface area contributed by atoms with Crippen LogP contribution >= 0.6 is 0 Å². The molecular formula is C22H41N5O3. The zero-order valence-electron chi connectivity index (χ0n) is 19.0. The first-order valence-corrected chi connectivity index (χ1v) is 12.0. The van der Waals surface area contributed by atoms with E-state index in [-0.39, 0.29) is 11.6 Å². The van der Waals surface area contributed by atoms with Crippen molar-refractivity contribution in [2.45, 2.75) is 70.4 Å². The Morgan fingerprint density at radius 1 is 1.10 bits per heavy atom. The number of rotatable bonds is 6. The molecule has 0 aromatic carbocycles. The number of carbonyl (C=O) groups is 1. The van der Waals surface area contributed by atoms with Crippen molar-refractivity contribution in [2.24, 2.45) is 4.99 Å². The number of hydrogen-bond donors (Lipinski definition) is 2. The predicted octanol–water partition coefficient (Wildman–Crippen LogP) is 2.20. The summed E-state index contributed by atoms with van der Waals surface area (Å²) < 4.78 is 10.7. The Morgan fingerprint density at radius 2 is 1.80 bits per heavy atom. The number of carbonyl (C=O) groups excluding carboxylic acids is 1. The molecule has 2 heterocycles. The number of aliphatic imine (C=N–C) groups is 1. The van der Waals surface area contributed by atoms with E-state index in [1.54, 1.807) is 4.90 Å². The van der Waals surface area contributed by atoms with Gasteiger partial charge in [0.15, 0.2) is 5.96 Å². The highest BCUT2D eigenvalue weighted by molar-refractivity contribution is 5.80. The molecule has 172 valence electrons. The number of likely N-dealkylation sites (tertiary alicyclic amines) is 1. The zero-order chi connectivity index (χ0) is 21.2. The Balaban J connectivity index is 1.58. The van der Waals surface area contributed by atoms with Crippen LogP contribution in [-0.2, 0) is 9.47 Å². The van der Waals surface area contributed by atoms with E-state index in [2.05, 4.69) is 22.5 Å². The van der Waals surface area contributed by atoms with Crippen LogP contribution in [0.2, 0.25) is 0 Å². The molecule has 0 aromatic rings. The van der Waals surface area contributed by atoms with Crippen molar-refractivity contribution in [3.05, 3.63) is 0 Å². The van der Waals surface area contributed by atoms with Crippen LogP contribution in [0.1, 0.15) is 58.8 Å². The van der Waals surface area contributed by atoms with Crippen molar-refractivity contribution in [3.8, 4) is 0 Å². The smallest absolute Gasteiger partial charge is 0.409 e. The van der Waals surface area contributed by atoms with E-state index in [1.807, 2.05) is 6.92 Å². The quantitative estimate of drug-likeness (QED) is 0.504. The van der Waals surface area contributed by atoms with Crippen molar-refractivity contribution < 1.29 is 14.3 Å². The number of hydrogen-bond acceptors (Lipinski definition) is 5. The van der Waals surface area contributed by atoms with Gasteiger partial charge >= 0.3 is 6.09 Å². The summed E-state index contributed by atoms with van der Waals surface area (Å²) in [7, 11) is 0. The molecule has 2 aliphatic heterocycles. The first-order valence-electron chi connectivity index (χ1n) is 12.0. The summed E-state index contributed by atoms with van der Waals surface area (Å²) in [5, 5.41) is 7.06. The molecule has 0 unspecified atom stereocenters. The molecule has 8 heteroatoms. The molecular weight excluding hydrogens is 382 g/mol. The molecule has 2 N–H and O–H groups in total. The molecule has 3 fully saturated rings. The van der Waals surface area contributed by atoms with Crippen LogP contribution in [0, 0.1) is 0 Å². The first kappa shape index (κ1) is 23.1. The maximum atomic E-state index is 11.9. The fraction of sp³-hybridized carbons (Fsp3) is 0.909. The van der Waals surface area contributed by atoms with E-state index in [1.165, 1.54) is 32.1 Å². The van der Waals surface area contributed by atoms with Crippen molar-refractivity contribution in [3.63, 3.8) is 0 Å². The lowest BCUT2D eigenvalue weighted by Gasteiger charge is -2.47. The highest BCUT2D eigenvalue weighted by Gasteiger charge is 2.38. The lowest BCUT2D eigenvalue weighted by Crippen LogP contribution is -2.57. The van der Waals surface area contributed by atoms with E-state index in [0.717, 1.165) is 71.3 Å². The Bertz CT molecular complexity index is 551. The minimum atomic E-state index is -0.193. The average molecular weight is 424 g/mol. The molecule has 0 spiro atoms. The molecule has 1 aliphatic carbocycles. The molecule has 0 atom stereocenters. The summed E-state index contributed by atoms with van der Waals surface area (Å²) in [6.45, 7) is 11.2. The van der Waals surface area contributed by atoms with Gasteiger partial charge < -0.3 is 25.0 Å². The highest BCUT2D eigenvalue weighted by atomic mass is 16.6. The summed E-state index contributed by atoms with van der Waals surface area (Å²) in [4.78, 5) is 21.4. The Kier molecular flexibility index (Phi) is 9.05. The molecule has 0 bridgehead atoms. The predicted molar refractivity (Wildman–Crippen MR) is 119 cm³/mol. The van der Waals surface area contributed by atoms with Gasteiger partial charge in [0, 0.05) is 44.3 Å². The van der Waals surface area contributed by atoms with Crippen molar-refractivity contribution in [1.29, 1.82) is 0 Å². The maximum absolute atomic E-state index is 11.9. The minimum absolute atomic E-state index is 0.178. The fourth-order valence-corrected chi connectivity index (χ4v) is 4.98. The third kappa shape index (κ3) is 6.23. The normalized spacial score (nSPS) is 23.8. The second-order valence-corrected chi connectivity index (χ2v) is 8.68. The van der Waals surface area contributed by atoms with Crippen molar-refractivity contribution in [2.75, 3.05) is 59.1 Å². The van der Waals surface area contributed by atoms with Gasteiger partial charge in [0.1, 0.15) is 0 Å². The average Bonchev–Trinajstić information content (AvgIpc) is 2.79. The largest absolute Gasteiger partial charge is 0.450 e. The van der Waals surface area contributed by atoms with Gasteiger partial charge in [-0.3, -0.25) is 9.89 Å². The van der Waals surface area contributed by atoms with E-state index >= 15 is 0 Å². The fourth-order valence-electron chi connectivity index (χ4n) is 4.98. The summed E-state index contributed by atoms with van der Waals surface area (Å²) >= 11 is 0. The van der Waals surface area contributed by atoms with Gasteiger partial charge in [-0.15, -0.1) is 0 Å². The van der Waals surface area contributed by atoms with Gasteiger partial charge in [-0.05, 0) is 39.5 Å². The third-order valence-corrected chi connectivity index (χ3v) is 6.70. The molecule has 8 nitrogen and oxygen atoms in total. The molecule has 3 rings (SSSR count). The summed E-state index contributed by atoms with van der Waals surface area (Å²) in [5.74, 6) is 0.908. The van der Waals surface area contributed by atoms with Crippen LogP contribution in [0.3, 0.4) is 0 Å². The number of nitrogens with zero attached hydrogens (tertiary/aromatic N) is 3. The van der Waals surface area contributed by atoms with Crippen LogP contribution in [0.15, 0.2) is 4.99 Å². The number of guanidine groups is 1. The number of ether oxygens (including phenoxy) is 2. The van der Waals surface area contributed by atoms with Crippen LogP contribution < -0.4 is 10.6 Å². The minimum Gasteiger partial charge on any atom is -0.450 e. The SMILES string of the molecule is CCNC(=NCC1(N2CCOCC2)CCCCC1)NC1CCN(C(=O)OCC)CC1. The van der Waals surface area contributed by atoms with E-state index in [0.29, 0.717) is 12.6 Å². The summed E-state index contributed by atoms with van der Waals surface area (Å²) in [6.07, 6.45) is 8.03. The Labute approximate surface area is 181 Å².